The maximum absolute atomic E-state index is 11.1. The average molecular weight is 273 g/mol. The first kappa shape index (κ1) is 10.3. The molecule has 0 saturated heterocycles. The molecule has 0 spiro atoms. The normalized spacial score (nSPS) is 12.7. The molecule has 1 aromatic carbocycles. The Kier molecular flexibility index (Phi) is 2.81. The smallest absolute Gasteiger partial charge is 0.310 e. The van der Waals surface area contributed by atoms with Gasteiger partial charge in [-0.25, -0.2) is 0 Å². The van der Waals surface area contributed by atoms with Gasteiger partial charge >= 0.3 is 5.97 Å². The van der Waals surface area contributed by atoms with Gasteiger partial charge in [-0.05, 0) is 22.0 Å². The van der Waals surface area contributed by atoms with Gasteiger partial charge in [0, 0.05) is 5.56 Å². The third-order valence-corrected chi connectivity index (χ3v) is 2.74. The molecule has 0 saturated carbocycles. The Hall–Kier alpha value is -1.23. The highest BCUT2D eigenvalue weighted by atomic mass is 79.9. The summed E-state index contributed by atoms with van der Waals surface area (Å²) in [6, 6.07) is 3.64. The van der Waals surface area contributed by atoms with Gasteiger partial charge in [-0.2, -0.15) is 0 Å². The number of halogens is 1. The lowest BCUT2D eigenvalue weighted by Crippen LogP contribution is -2.05. The molecule has 1 aromatic rings. The molecule has 0 aromatic heterocycles. The number of carbonyl (C=O) groups is 1. The molecule has 2 rings (SSSR count). The lowest BCUT2D eigenvalue weighted by atomic mass is 10.1. The van der Waals surface area contributed by atoms with E-state index in [-0.39, 0.29) is 19.2 Å². The second-order valence-corrected chi connectivity index (χ2v) is 3.88. The van der Waals surface area contributed by atoms with E-state index < -0.39 is 0 Å². The van der Waals surface area contributed by atoms with Gasteiger partial charge in [0.05, 0.1) is 18.0 Å². The van der Waals surface area contributed by atoms with Gasteiger partial charge in [-0.1, -0.05) is 6.07 Å². The van der Waals surface area contributed by atoms with Crippen LogP contribution in [0, 0.1) is 0 Å². The zero-order chi connectivity index (χ0) is 10.8. The molecule has 0 amide bonds. The summed E-state index contributed by atoms with van der Waals surface area (Å²) in [5.41, 5.74) is 0.776. The summed E-state index contributed by atoms with van der Waals surface area (Å²) in [6.45, 7) is 0.187. The van der Waals surface area contributed by atoms with E-state index in [1.807, 2.05) is 12.1 Å². The summed E-state index contributed by atoms with van der Waals surface area (Å²) < 4.78 is 16.0. The molecule has 1 heterocycles. The van der Waals surface area contributed by atoms with E-state index in [9.17, 15) is 4.79 Å². The Morgan fingerprint density at radius 3 is 2.93 bits per heavy atom. The third kappa shape index (κ3) is 1.92. The molecule has 0 bridgehead atoms. The van der Waals surface area contributed by atoms with Gasteiger partial charge in [-0.3, -0.25) is 4.79 Å². The minimum absolute atomic E-state index is 0.187. The van der Waals surface area contributed by atoms with Crippen LogP contribution in [0.4, 0.5) is 0 Å². The van der Waals surface area contributed by atoms with Gasteiger partial charge in [0.25, 0.3) is 0 Å². The highest BCUT2D eigenvalue weighted by Gasteiger charge is 2.22. The summed E-state index contributed by atoms with van der Waals surface area (Å²) in [6.07, 6.45) is 0.190. The van der Waals surface area contributed by atoms with Crippen LogP contribution in [0.3, 0.4) is 0 Å². The predicted octanol–water partition coefficient (Wildman–Crippen LogP) is 1.89. The Morgan fingerprint density at radius 1 is 1.47 bits per heavy atom. The molecule has 0 atom stereocenters. The molecule has 1 aliphatic heterocycles. The molecule has 0 aliphatic carbocycles. The second kappa shape index (κ2) is 4.10. The van der Waals surface area contributed by atoms with Crippen LogP contribution < -0.4 is 9.47 Å². The minimum atomic E-state index is -0.296. The van der Waals surface area contributed by atoms with E-state index in [4.69, 9.17) is 9.47 Å². The summed E-state index contributed by atoms with van der Waals surface area (Å²) >= 11 is 3.34. The highest BCUT2D eigenvalue weighted by molar-refractivity contribution is 9.10. The maximum atomic E-state index is 11.1. The van der Waals surface area contributed by atoms with Crippen molar-refractivity contribution in [1.82, 2.24) is 0 Å². The van der Waals surface area contributed by atoms with E-state index in [2.05, 4.69) is 20.7 Å². The zero-order valence-corrected chi connectivity index (χ0v) is 9.67. The van der Waals surface area contributed by atoms with Crippen LogP contribution in [0.5, 0.6) is 11.5 Å². The average Bonchev–Trinajstić information content (AvgIpc) is 2.71. The molecule has 0 radical (unpaired) electrons. The fourth-order valence-electron chi connectivity index (χ4n) is 1.39. The van der Waals surface area contributed by atoms with Gasteiger partial charge in [0.1, 0.15) is 0 Å². The number of hydrogen-bond donors (Lipinski definition) is 0. The first-order chi connectivity index (χ1) is 7.22. The largest absolute Gasteiger partial charge is 0.469 e. The number of carbonyl (C=O) groups excluding carboxylic acids is 1. The summed E-state index contributed by atoms with van der Waals surface area (Å²) in [4.78, 5) is 11.1. The minimum Gasteiger partial charge on any atom is -0.469 e. The monoisotopic (exact) mass is 272 g/mol. The summed E-state index contributed by atoms with van der Waals surface area (Å²) in [5.74, 6) is 0.973. The van der Waals surface area contributed by atoms with Crippen molar-refractivity contribution in [3.05, 3.63) is 22.2 Å². The van der Waals surface area contributed by atoms with Crippen molar-refractivity contribution < 1.29 is 19.0 Å². The SMILES string of the molecule is COC(=O)Cc1ccc(Br)c2c1OCO2. The molecular formula is C10H9BrO4. The van der Waals surface area contributed by atoms with Crippen LogP contribution in [0.25, 0.3) is 0 Å². The van der Waals surface area contributed by atoms with Crippen LogP contribution in [0.1, 0.15) is 5.56 Å². The van der Waals surface area contributed by atoms with Crippen molar-refractivity contribution in [3.8, 4) is 11.5 Å². The standard InChI is InChI=1S/C10H9BrO4/c1-13-8(12)4-6-2-3-7(11)10-9(6)14-5-15-10/h2-3H,4-5H2,1H3. The molecule has 0 unspecified atom stereocenters. The molecule has 0 N–H and O–H groups in total. The van der Waals surface area contributed by atoms with E-state index in [0.29, 0.717) is 11.5 Å². The molecule has 15 heavy (non-hydrogen) atoms. The third-order valence-electron chi connectivity index (χ3n) is 2.11. The Balaban J connectivity index is 2.33. The number of rotatable bonds is 2. The van der Waals surface area contributed by atoms with Crippen LogP contribution >= 0.6 is 15.9 Å². The number of ether oxygens (including phenoxy) is 3. The fraction of sp³-hybridized carbons (Fsp3) is 0.300. The molecular weight excluding hydrogens is 264 g/mol. The van der Waals surface area contributed by atoms with Crippen molar-refractivity contribution in [2.45, 2.75) is 6.42 Å². The van der Waals surface area contributed by atoms with Crippen LogP contribution in [-0.4, -0.2) is 19.9 Å². The molecule has 80 valence electrons. The van der Waals surface area contributed by atoms with Crippen LogP contribution in [0.15, 0.2) is 16.6 Å². The Bertz CT molecular complexity index is 403. The molecule has 4 nitrogen and oxygen atoms in total. The predicted molar refractivity (Wildman–Crippen MR) is 56.0 cm³/mol. The van der Waals surface area contributed by atoms with E-state index in [1.54, 1.807) is 0 Å². The van der Waals surface area contributed by atoms with Crippen molar-refractivity contribution in [2.75, 3.05) is 13.9 Å². The van der Waals surface area contributed by atoms with Gasteiger partial charge < -0.3 is 14.2 Å². The number of hydrogen-bond acceptors (Lipinski definition) is 4. The summed E-state index contributed by atoms with van der Waals surface area (Å²) in [5, 5.41) is 0. The lowest BCUT2D eigenvalue weighted by molar-refractivity contribution is -0.139. The van der Waals surface area contributed by atoms with Crippen molar-refractivity contribution in [2.24, 2.45) is 0 Å². The number of methoxy groups -OCH3 is 1. The van der Waals surface area contributed by atoms with E-state index in [0.717, 1.165) is 10.0 Å². The van der Waals surface area contributed by atoms with Crippen molar-refractivity contribution in [1.29, 1.82) is 0 Å². The first-order valence-corrected chi connectivity index (χ1v) is 5.15. The lowest BCUT2D eigenvalue weighted by Gasteiger charge is -2.05. The molecule has 5 heteroatoms. The number of esters is 1. The van der Waals surface area contributed by atoms with Crippen LogP contribution in [0.2, 0.25) is 0 Å². The van der Waals surface area contributed by atoms with Crippen LogP contribution in [-0.2, 0) is 16.0 Å². The van der Waals surface area contributed by atoms with Crippen molar-refractivity contribution in [3.63, 3.8) is 0 Å². The van der Waals surface area contributed by atoms with Gasteiger partial charge in [0.15, 0.2) is 11.5 Å². The maximum Gasteiger partial charge on any atom is 0.310 e. The highest BCUT2D eigenvalue weighted by Crippen LogP contribution is 2.41. The zero-order valence-electron chi connectivity index (χ0n) is 8.08. The molecule has 0 fully saturated rings. The van der Waals surface area contributed by atoms with E-state index in [1.165, 1.54) is 7.11 Å². The Labute approximate surface area is 95.3 Å². The summed E-state index contributed by atoms with van der Waals surface area (Å²) in [7, 11) is 1.36. The van der Waals surface area contributed by atoms with E-state index >= 15 is 0 Å². The molecule has 1 aliphatic rings. The topological polar surface area (TPSA) is 44.8 Å². The van der Waals surface area contributed by atoms with Crippen molar-refractivity contribution >= 4 is 21.9 Å². The second-order valence-electron chi connectivity index (χ2n) is 3.02. The first-order valence-electron chi connectivity index (χ1n) is 4.36. The van der Waals surface area contributed by atoms with Gasteiger partial charge in [0.2, 0.25) is 6.79 Å². The Morgan fingerprint density at radius 2 is 2.20 bits per heavy atom. The number of benzene rings is 1. The number of fused-ring (bicyclic) bond motifs is 1. The van der Waals surface area contributed by atoms with Gasteiger partial charge in [-0.15, -0.1) is 0 Å². The quantitative estimate of drug-likeness (QED) is 0.772. The fourth-order valence-corrected chi connectivity index (χ4v) is 1.81.